The lowest BCUT2D eigenvalue weighted by molar-refractivity contribution is -0.123. The van der Waals surface area contributed by atoms with Gasteiger partial charge in [-0.25, -0.2) is 9.97 Å². The number of imidazole rings is 2. The van der Waals surface area contributed by atoms with Crippen LogP contribution in [0.15, 0.2) is 24.8 Å². The molecule has 2 fully saturated rings. The molecule has 0 aromatic carbocycles. The van der Waals surface area contributed by atoms with E-state index in [0.29, 0.717) is 26.2 Å². The lowest BCUT2D eigenvalue weighted by Crippen LogP contribution is -2.46. The van der Waals surface area contributed by atoms with Crippen molar-refractivity contribution in [3.8, 4) is 0 Å². The SMILES string of the molecule is O=C(NC[C@H]1OC[C@@H](N(Cc2ncc[nH]2)Cc2ncc[nH]2)[C@@H]1O)C1CC1. The van der Waals surface area contributed by atoms with Crippen LogP contribution < -0.4 is 5.32 Å². The molecule has 1 aliphatic carbocycles. The molecule has 1 saturated heterocycles. The number of aromatic amines is 2. The van der Waals surface area contributed by atoms with E-state index in [1.165, 1.54) is 0 Å². The Morgan fingerprint density at radius 2 is 1.88 bits per heavy atom. The largest absolute Gasteiger partial charge is 0.389 e. The summed E-state index contributed by atoms with van der Waals surface area (Å²) < 4.78 is 5.78. The maximum atomic E-state index is 11.8. The van der Waals surface area contributed by atoms with Gasteiger partial charge in [0, 0.05) is 37.3 Å². The molecule has 2 aromatic heterocycles. The Bertz CT molecular complexity index is 664. The number of nitrogens with zero attached hydrogens (tertiary/aromatic N) is 3. The van der Waals surface area contributed by atoms with E-state index in [2.05, 4.69) is 30.2 Å². The molecule has 0 unspecified atom stereocenters. The van der Waals surface area contributed by atoms with Crippen molar-refractivity contribution in [2.75, 3.05) is 13.2 Å². The molecule has 9 heteroatoms. The first-order valence-electron chi connectivity index (χ1n) is 8.98. The molecular weight excluding hydrogens is 336 g/mol. The monoisotopic (exact) mass is 360 g/mol. The molecule has 1 amide bonds. The summed E-state index contributed by atoms with van der Waals surface area (Å²) in [5, 5.41) is 13.7. The van der Waals surface area contributed by atoms with E-state index in [9.17, 15) is 9.90 Å². The van der Waals surface area contributed by atoms with Crippen LogP contribution in [0.2, 0.25) is 0 Å². The first-order chi connectivity index (χ1) is 12.7. The van der Waals surface area contributed by atoms with Gasteiger partial charge in [0.15, 0.2) is 0 Å². The second-order valence-corrected chi connectivity index (χ2v) is 6.93. The van der Waals surface area contributed by atoms with Crippen molar-refractivity contribution in [3.63, 3.8) is 0 Å². The maximum Gasteiger partial charge on any atom is 0.223 e. The van der Waals surface area contributed by atoms with E-state index in [-0.39, 0.29) is 17.9 Å². The fourth-order valence-electron chi connectivity index (χ4n) is 3.30. The summed E-state index contributed by atoms with van der Waals surface area (Å²) in [5.41, 5.74) is 0. The van der Waals surface area contributed by atoms with Gasteiger partial charge in [-0.1, -0.05) is 0 Å². The second kappa shape index (κ2) is 7.56. The van der Waals surface area contributed by atoms with Gasteiger partial charge in [-0.2, -0.15) is 0 Å². The Kier molecular flexibility index (Phi) is 5.00. The van der Waals surface area contributed by atoms with Crippen LogP contribution in [0.5, 0.6) is 0 Å². The predicted octanol–water partition coefficient (Wildman–Crippen LogP) is -0.210. The van der Waals surface area contributed by atoms with Crippen molar-refractivity contribution in [1.29, 1.82) is 0 Å². The molecule has 0 bridgehead atoms. The number of nitrogens with one attached hydrogen (secondary N) is 3. The Labute approximate surface area is 151 Å². The van der Waals surface area contributed by atoms with E-state index in [1.807, 2.05) is 0 Å². The fourth-order valence-corrected chi connectivity index (χ4v) is 3.30. The number of aliphatic hydroxyl groups excluding tert-OH is 1. The minimum Gasteiger partial charge on any atom is -0.389 e. The van der Waals surface area contributed by atoms with Crippen molar-refractivity contribution in [2.45, 2.75) is 44.2 Å². The topological polar surface area (TPSA) is 119 Å². The lowest BCUT2D eigenvalue weighted by Gasteiger charge is -2.29. The van der Waals surface area contributed by atoms with Crippen LogP contribution in [0.4, 0.5) is 0 Å². The van der Waals surface area contributed by atoms with Gasteiger partial charge in [0.05, 0.1) is 31.8 Å². The van der Waals surface area contributed by atoms with Crippen LogP contribution in [0.1, 0.15) is 24.5 Å². The number of amides is 1. The second-order valence-electron chi connectivity index (χ2n) is 6.93. The molecule has 2 aliphatic rings. The molecule has 2 aromatic rings. The zero-order valence-corrected chi connectivity index (χ0v) is 14.5. The van der Waals surface area contributed by atoms with Crippen molar-refractivity contribution in [3.05, 3.63) is 36.4 Å². The lowest BCUT2D eigenvalue weighted by atomic mass is 10.1. The molecule has 0 radical (unpaired) electrons. The third kappa shape index (κ3) is 3.95. The summed E-state index contributed by atoms with van der Waals surface area (Å²) in [5.74, 6) is 1.84. The van der Waals surface area contributed by atoms with E-state index in [0.717, 1.165) is 24.5 Å². The molecule has 9 nitrogen and oxygen atoms in total. The summed E-state index contributed by atoms with van der Waals surface area (Å²) in [7, 11) is 0. The average Bonchev–Trinajstić information content (AvgIpc) is 2.99. The normalized spacial score (nSPS) is 25.7. The Morgan fingerprint density at radius 1 is 1.23 bits per heavy atom. The number of hydrogen-bond acceptors (Lipinski definition) is 6. The van der Waals surface area contributed by atoms with Gasteiger partial charge in [-0.3, -0.25) is 9.69 Å². The van der Waals surface area contributed by atoms with Gasteiger partial charge in [-0.05, 0) is 12.8 Å². The molecule has 4 rings (SSSR count). The Balaban J connectivity index is 1.40. The standard InChI is InChI=1S/C17H24N6O3/c24-16-12(10-26-13(16)7-22-17(25)11-1-2-11)23(8-14-18-3-4-19-14)9-15-20-5-6-21-15/h3-6,11-13,16,24H,1-2,7-10H2,(H,18,19)(H,20,21)(H,22,25)/t12-,13-,16+/m1/s1. The highest BCUT2D eigenvalue weighted by Crippen LogP contribution is 2.29. The summed E-state index contributed by atoms with van der Waals surface area (Å²) in [6, 6.07) is -0.201. The molecule has 0 spiro atoms. The van der Waals surface area contributed by atoms with Gasteiger partial charge >= 0.3 is 0 Å². The molecule has 1 aliphatic heterocycles. The fraction of sp³-hybridized carbons (Fsp3) is 0.588. The van der Waals surface area contributed by atoms with Crippen LogP contribution in [0.25, 0.3) is 0 Å². The summed E-state index contributed by atoms with van der Waals surface area (Å²) >= 11 is 0. The van der Waals surface area contributed by atoms with E-state index in [1.54, 1.807) is 24.8 Å². The van der Waals surface area contributed by atoms with Crippen LogP contribution in [0.3, 0.4) is 0 Å². The Hall–Kier alpha value is -2.23. The van der Waals surface area contributed by atoms with Crippen LogP contribution in [-0.2, 0) is 22.6 Å². The summed E-state index contributed by atoms with van der Waals surface area (Å²) in [4.78, 5) is 28.7. The van der Waals surface area contributed by atoms with Gasteiger partial charge in [0.25, 0.3) is 0 Å². The molecule has 1 saturated carbocycles. The van der Waals surface area contributed by atoms with Crippen LogP contribution >= 0.6 is 0 Å². The summed E-state index contributed by atoms with van der Waals surface area (Å²) in [6.07, 6.45) is 7.79. The van der Waals surface area contributed by atoms with Crippen LogP contribution in [0, 0.1) is 5.92 Å². The molecule has 26 heavy (non-hydrogen) atoms. The maximum absolute atomic E-state index is 11.8. The zero-order chi connectivity index (χ0) is 17.9. The third-order valence-corrected chi connectivity index (χ3v) is 4.97. The van der Waals surface area contributed by atoms with E-state index < -0.39 is 12.2 Å². The predicted molar refractivity (Wildman–Crippen MR) is 91.7 cm³/mol. The van der Waals surface area contributed by atoms with E-state index >= 15 is 0 Å². The molecule has 4 N–H and O–H groups in total. The highest BCUT2D eigenvalue weighted by Gasteiger charge is 2.40. The number of hydrogen-bond donors (Lipinski definition) is 4. The first-order valence-corrected chi connectivity index (χ1v) is 8.98. The van der Waals surface area contributed by atoms with Gasteiger partial charge < -0.3 is 25.1 Å². The zero-order valence-electron chi connectivity index (χ0n) is 14.5. The number of carbonyl (C=O) groups excluding carboxylic acids is 1. The highest BCUT2D eigenvalue weighted by atomic mass is 16.5. The Morgan fingerprint density at radius 3 is 2.42 bits per heavy atom. The van der Waals surface area contributed by atoms with E-state index in [4.69, 9.17) is 4.74 Å². The quantitative estimate of drug-likeness (QED) is 0.517. The minimum atomic E-state index is -0.695. The number of H-pyrrole nitrogens is 2. The highest BCUT2D eigenvalue weighted by molar-refractivity contribution is 5.80. The van der Waals surface area contributed by atoms with Crippen molar-refractivity contribution >= 4 is 5.91 Å². The molecule has 3 atom stereocenters. The van der Waals surface area contributed by atoms with Crippen LogP contribution in [-0.4, -0.2) is 67.3 Å². The number of carbonyl (C=O) groups is 1. The number of aromatic nitrogens is 4. The smallest absolute Gasteiger partial charge is 0.223 e. The number of aliphatic hydroxyl groups is 1. The van der Waals surface area contributed by atoms with Gasteiger partial charge in [-0.15, -0.1) is 0 Å². The third-order valence-electron chi connectivity index (χ3n) is 4.97. The van der Waals surface area contributed by atoms with Crippen molar-refractivity contribution < 1.29 is 14.6 Å². The van der Waals surface area contributed by atoms with Gasteiger partial charge in [0.2, 0.25) is 5.91 Å². The summed E-state index contributed by atoms with van der Waals surface area (Å²) in [6.45, 7) is 1.81. The van der Waals surface area contributed by atoms with Crippen molar-refractivity contribution in [1.82, 2.24) is 30.2 Å². The molecular formula is C17H24N6O3. The van der Waals surface area contributed by atoms with Crippen molar-refractivity contribution in [2.24, 2.45) is 5.92 Å². The minimum absolute atomic E-state index is 0.0623. The molecule has 140 valence electrons. The average molecular weight is 360 g/mol. The first kappa shape index (κ1) is 17.2. The number of rotatable bonds is 8. The molecule has 3 heterocycles. The number of ether oxygens (including phenoxy) is 1. The van der Waals surface area contributed by atoms with Gasteiger partial charge in [0.1, 0.15) is 17.8 Å².